The third-order valence-electron chi connectivity index (χ3n) is 3.70. The highest BCUT2D eigenvalue weighted by atomic mass is 19.1. The van der Waals surface area contributed by atoms with E-state index in [1.165, 1.54) is 18.2 Å². The minimum Gasteiger partial charge on any atom is -0.397 e. The van der Waals surface area contributed by atoms with Gasteiger partial charge in [-0.25, -0.2) is 4.39 Å². The van der Waals surface area contributed by atoms with Gasteiger partial charge in [0.1, 0.15) is 12.4 Å². The fourth-order valence-electron chi connectivity index (χ4n) is 2.42. The molecule has 1 aliphatic carbocycles. The van der Waals surface area contributed by atoms with E-state index in [0.29, 0.717) is 5.69 Å². The topological polar surface area (TPSA) is 64.3 Å². The standard InChI is InChI=1S/C15H21FN2O2/c1-10-2-5-12(6-3-10)20-9-15(19)18-14-7-4-11(16)8-13(14)17/h4,7-8,10,12H,2-3,5-6,9,17H2,1H3,(H,18,19). The molecule has 0 aliphatic heterocycles. The van der Waals surface area contributed by atoms with E-state index in [-0.39, 0.29) is 24.3 Å². The Morgan fingerprint density at radius 2 is 2.10 bits per heavy atom. The molecule has 0 unspecified atom stereocenters. The van der Waals surface area contributed by atoms with E-state index < -0.39 is 5.82 Å². The van der Waals surface area contributed by atoms with Gasteiger partial charge in [-0.15, -0.1) is 0 Å². The number of nitrogens with one attached hydrogen (secondary N) is 1. The summed E-state index contributed by atoms with van der Waals surface area (Å²) in [4.78, 5) is 11.8. The zero-order chi connectivity index (χ0) is 14.5. The number of nitrogens with two attached hydrogens (primary N) is 1. The average Bonchev–Trinajstić information content (AvgIpc) is 2.41. The lowest BCUT2D eigenvalue weighted by molar-refractivity contribution is -0.123. The number of ether oxygens (including phenoxy) is 1. The van der Waals surface area contributed by atoms with Crippen LogP contribution < -0.4 is 11.1 Å². The van der Waals surface area contributed by atoms with Crippen molar-refractivity contribution < 1.29 is 13.9 Å². The van der Waals surface area contributed by atoms with Gasteiger partial charge >= 0.3 is 0 Å². The summed E-state index contributed by atoms with van der Waals surface area (Å²) in [5.74, 6) is 0.0673. The predicted molar refractivity (Wildman–Crippen MR) is 76.8 cm³/mol. The highest BCUT2D eigenvalue weighted by molar-refractivity contribution is 5.94. The van der Waals surface area contributed by atoms with Gasteiger partial charge in [0, 0.05) is 0 Å². The van der Waals surface area contributed by atoms with Crippen molar-refractivity contribution in [3.63, 3.8) is 0 Å². The number of carbonyl (C=O) groups is 1. The molecule has 0 atom stereocenters. The molecule has 4 nitrogen and oxygen atoms in total. The largest absolute Gasteiger partial charge is 0.397 e. The second-order valence-electron chi connectivity index (χ2n) is 5.47. The Labute approximate surface area is 118 Å². The zero-order valence-corrected chi connectivity index (χ0v) is 11.7. The van der Waals surface area contributed by atoms with Gasteiger partial charge in [-0.3, -0.25) is 4.79 Å². The smallest absolute Gasteiger partial charge is 0.250 e. The van der Waals surface area contributed by atoms with Gasteiger partial charge in [0.15, 0.2) is 0 Å². The lowest BCUT2D eigenvalue weighted by Gasteiger charge is -2.26. The minimum atomic E-state index is -0.423. The average molecular weight is 280 g/mol. The maximum Gasteiger partial charge on any atom is 0.250 e. The molecule has 0 saturated heterocycles. The van der Waals surface area contributed by atoms with Crippen LogP contribution in [0.15, 0.2) is 18.2 Å². The Balaban J connectivity index is 1.78. The molecule has 20 heavy (non-hydrogen) atoms. The molecule has 0 bridgehead atoms. The molecular formula is C15H21FN2O2. The van der Waals surface area contributed by atoms with Crippen LogP contribution in [0.3, 0.4) is 0 Å². The molecular weight excluding hydrogens is 259 g/mol. The third-order valence-corrected chi connectivity index (χ3v) is 3.70. The highest BCUT2D eigenvalue weighted by Crippen LogP contribution is 2.25. The summed E-state index contributed by atoms with van der Waals surface area (Å²) < 4.78 is 18.5. The Morgan fingerprint density at radius 1 is 1.40 bits per heavy atom. The van der Waals surface area contributed by atoms with E-state index in [4.69, 9.17) is 10.5 Å². The van der Waals surface area contributed by atoms with Crippen molar-refractivity contribution in [3.8, 4) is 0 Å². The van der Waals surface area contributed by atoms with Crippen LogP contribution in [-0.2, 0) is 9.53 Å². The first-order chi connectivity index (χ1) is 9.54. The quantitative estimate of drug-likeness (QED) is 0.833. The van der Waals surface area contributed by atoms with Crippen LogP contribution in [0.25, 0.3) is 0 Å². The number of hydrogen-bond acceptors (Lipinski definition) is 3. The van der Waals surface area contributed by atoms with Gasteiger partial charge in [-0.1, -0.05) is 6.92 Å². The van der Waals surface area contributed by atoms with Gasteiger partial charge in [0.2, 0.25) is 5.91 Å². The molecule has 1 aromatic rings. The van der Waals surface area contributed by atoms with Crippen molar-refractivity contribution in [3.05, 3.63) is 24.0 Å². The summed E-state index contributed by atoms with van der Waals surface area (Å²) in [6.07, 6.45) is 4.48. The van der Waals surface area contributed by atoms with Crippen molar-refractivity contribution in [2.45, 2.75) is 38.7 Å². The first-order valence-corrected chi connectivity index (χ1v) is 7.01. The van der Waals surface area contributed by atoms with E-state index in [2.05, 4.69) is 12.2 Å². The van der Waals surface area contributed by atoms with Crippen LogP contribution in [0.2, 0.25) is 0 Å². The fourth-order valence-corrected chi connectivity index (χ4v) is 2.42. The Bertz CT molecular complexity index is 471. The first kappa shape index (κ1) is 14.8. The van der Waals surface area contributed by atoms with Crippen molar-refractivity contribution in [1.29, 1.82) is 0 Å². The van der Waals surface area contributed by atoms with Crippen molar-refractivity contribution in [2.75, 3.05) is 17.7 Å². The van der Waals surface area contributed by atoms with Crippen molar-refractivity contribution >= 4 is 17.3 Å². The van der Waals surface area contributed by atoms with Gasteiger partial charge in [0.05, 0.1) is 17.5 Å². The molecule has 3 N–H and O–H groups in total. The van der Waals surface area contributed by atoms with E-state index in [0.717, 1.165) is 31.6 Å². The second-order valence-corrected chi connectivity index (χ2v) is 5.47. The second kappa shape index (κ2) is 6.70. The van der Waals surface area contributed by atoms with Gasteiger partial charge in [-0.05, 0) is 49.8 Å². The first-order valence-electron chi connectivity index (χ1n) is 7.01. The predicted octanol–water partition coefficient (Wildman–Crippen LogP) is 2.94. The molecule has 0 radical (unpaired) electrons. The third kappa shape index (κ3) is 4.20. The fraction of sp³-hybridized carbons (Fsp3) is 0.533. The van der Waals surface area contributed by atoms with E-state index in [1.807, 2.05) is 0 Å². The highest BCUT2D eigenvalue weighted by Gasteiger charge is 2.19. The number of anilines is 2. The number of carbonyl (C=O) groups excluding carboxylic acids is 1. The maximum atomic E-state index is 12.9. The van der Waals surface area contributed by atoms with Gasteiger partial charge in [-0.2, -0.15) is 0 Å². The van der Waals surface area contributed by atoms with Crippen LogP contribution in [0.5, 0.6) is 0 Å². The lowest BCUT2D eigenvalue weighted by Crippen LogP contribution is -2.26. The SMILES string of the molecule is CC1CCC(OCC(=O)Nc2ccc(F)cc2N)CC1. The van der Waals surface area contributed by atoms with Crippen LogP contribution in [-0.4, -0.2) is 18.6 Å². The number of benzene rings is 1. The van der Waals surface area contributed by atoms with Crippen LogP contribution >= 0.6 is 0 Å². The number of hydrogen-bond donors (Lipinski definition) is 2. The van der Waals surface area contributed by atoms with Crippen LogP contribution in [0, 0.1) is 11.7 Å². The summed E-state index contributed by atoms with van der Waals surface area (Å²) >= 11 is 0. The van der Waals surface area contributed by atoms with Crippen LogP contribution in [0.4, 0.5) is 15.8 Å². The summed E-state index contributed by atoms with van der Waals surface area (Å²) in [6, 6.07) is 3.89. The van der Waals surface area contributed by atoms with Gasteiger partial charge in [0.25, 0.3) is 0 Å². The molecule has 1 fully saturated rings. The molecule has 0 heterocycles. The van der Waals surface area contributed by atoms with E-state index in [1.54, 1.807) is 0 Å². The molecule has 1 aliphatic rings. The Hall–Kier alpha value is -1.62. The monoisotopic (exact) mass is 280 g/mol. The number of nitrogen functional groups attached to an aromatic ring is 1. The lowest BCUT2D eigenvalue weighted by atomic mass is 9.89. The molecule has 1 amide bonds. The minimum absolute atomic E-state index is 0.00979. The van der Waals surface area contributed by atoms with Crippen molar-refractivity contribution in [2.24, 2.45) is 5.92 Å². The van der Waals surface area contributed by atoms with E-state index in [9.17, 15) is 9.18 Å². The summed E-state index contributed by atoms with van der Waals surface area (Å²) in [5, 5.41) is 2.63. The van der Waals surface area contributed by atoms with Gasteiger partial charge < -0.3 is 15.8 Å². The Morgan fingerprint density at radius 3 is 2.75 bits per heavy atom. The van der Waals surface area contributed by atoms with Crippen molar-refractivity contribution in [1.82, 2.24) is 0 Å². The molecule has 1 aromatic carbocycles. The molecule has 1 saturated carbocycles. The number of halogens is 1. The Kier molecular flexibility index (Phi) is 4.95. The summed E-state index contributed by atoms with van der Waals surface area (Å²) in [5.41, 5.74) is 6.26. The number of rotatable bonds is 4. The molecule has 0 spiro atoms. The molecule has 2 rings (SSSR count). The van der Waals surface area contributed by atoms with Crippen LogP contribution in [0.1, 0.15) is 32.6 Å². The maximum absolute atomic E-state index is 12.9. The molecule has 110 valence electrons. The summed E-state index contributed by atoms with van der Waals surface area (Å²) in [7, 11) is 0. The van der Waals surface area contributed by atoms with E-state index >= 15 is 0 Å². The number of amides is 1. The normalized spacial score (nSPS) is 22.5. The molecule has 5 heteroatoms. The molecule has 0 aromatic heterocycles. The summed E-state index contributed by atoms with van der Waals surface area (Å²) in [6.45, 7) is 2.25. The zero-order valence-electron chi connectivity index (χ0n) is 11.7.